The van der Waals surface area contributed by atoms with Crippen LogP contribution in [0.15, 0.2) is 4.52 Å². The molecule has 0 saturated carbocycles. The van der Waals surface area contributed by atoms with Crippen molar-refractivity contribution in [1.82, 2.24) is 10.5 Å². The highest BCUT2D eigenvalue weighted by atomic mass is 32.2. The van der Waals surface area contributed by atoms with Gasteiger partial charge >= 0.3 is 5.97 Å². The lowest BCUT2D eigenvalue weighted by Gasteiger charge is -2.16. The molecule has 0 aliphatic rings. The standard InChI is InChI=1S/C14H22N2O4S/c1-8(2)5-12(14(18)19)15-13(17)7-21-6-11-9(3)16-20-10(11)4/h8,12H,5-7H2,1-4H3,(H,15,17)(H,18,19). The molecule has 1 rings (SSSR count). The van der Waals surface area contributed by atoms with Gasteiger partial charge in [-0.2, -0.15) is 0 Å². The molecule has 1 unspecified atom stereocenters. The Morgan fingerprint density at radius 2 is 2.05 bits per heavy atom. The molecule has 2 N–H and O–H groups in total. The number of rotatable bonds is 8. The Labute approximate surface area is 128 Å². The van der Waals surface area contributed by atoms with Gasteiger partial charge < -0.3 is 14.9 Å². The molecular weight excluding hydrogens is 292 g/mol. The number of aromatic nitrogens is 1. The van der Waals surface area contributed by atoms with Crippen LogP contribution in [0.3, 0.4) is 0 Å². The molecule has 0 bridgehead atoms. The van der Waals surface area contributed by atoms with Gasteiger partial charge in [0.1, 0.15) is 11.8 Å². The largest absolute Gasteiger partial charge is 0.480 e. The molecule has 1 aromatic rings. The summed E-state index contributed by atoms with van der Waals surface area (Å²) in [6.07, 6.45) is 0.426. The molecule has 7 heteroatoms. The van der Waals surface area contributed by atoms with Gasteiger partial charge in [0.2, 0.25) is 5.91 Å². The van der Waals surface area contributed by atoms with Crippen molar-refractivity contribution < 1.29 is 19.2 Å². The van der Waals surface area contributed by atoms with Gasteiger partial charge in [-0.1, -0.05) is 19.0 Å². The van der Waals surface area contributed by atoms with Crippen LogP contribution in [0, 0.1) is 19.8 Å². The zero-order valence-electron chi connectivity index (χ0n) is 12.8. The number of thioether (sulfide) groups is 1. The zero-order chi connectivity index (χ0) is 16.0. The first kappa shape index (κ1) is 17.6. The van der Waals surface area contributed by atoms with Gasteiger partial charge in [-0.25, -0.2) is 4.79 Å². The van der Waals surface area contributed by atoms with Gasteiger partial charge in [0.15, 0.2) is 0 Å². The second kappa shape index (κ2) is 8.07. The number of carbonyl (C=O) groups excluding carboxylic acids is 1. The second-order valence-electron chi connectivity index (χ2n) is 5.38. The molecule has 0 aliphatic heterocycles. The molecule has 118 valence electrons. The third kappa shape index (κ3) is 5.79. The van der Waals surface area contributed by atoms with Crippen molar-refractivity contribution in [2.75, 3.05) is 5.75 Å². The smallest absolute Gasteiger partial charge is 0.326 e. The van der Waals surface area contributed by atoms with Crippen molar-refractivity contribution in [3.05, 3.63) is 17.0 Å². The number of hydrogen-bond acceptors (Lipinski definition) is 5. The lowest BCUT2D eigenvalue weighted by Crippen LogP contribution is -2.42. The number of carboxylic acid groups (broad SMARTS) is 1. The first-order valence-corrected chi connectivity index (χ1v) is 7.98. The molecule has 0 spiro atoms. The summed E-state index contributed by atoms with van der Waals surface area (Å²) >= 11 is 1.42. The highest BCUT2D eigenvalue weighted by molar-refractivity contribution is 7.99. The van der Waals surface area contributed by atoms with Gasteiger partial charge in [0, 0.05) is 11.3 Å². The lowest BCUT2D eigenvalue weighted by atomic mass is 10.0. The minimum absolute atomic E-state index is 0.210. The predicted molar refractivity (Wildman–Crippen MR) is 81.2 cm³/mol. The number of aryl methyl sites for hydroxylation is 2. The van der Waals surface area contributed by atoms with E-state index in [9.17, 15) is 9.59 Å². The van der Waals surface area contributed by atoms with E-state index in [1.807, 2.05) is 27.7 Å². The lowest BCUT2D eigenvalue weighted by molar-refractivity contribution is -0.141. The summed E-state index contributed by atoms with van der Waals surface area (Å²) in [4.78, 5) is 22.9. The zero-order valence-corrected chi connectivity index (χ0v) is 13.6. The Balaban J connectivity index is 2.41. The van der Waals surface area contributed by atoms with E-state index >= 15 is 0 Å². The van der Waals surface area contributed by atoms with Crippen molar-refractivity contribution >= 4 is 23.6 Å². The molecule has 1 amide bonds. The number of hydrogen-bond donors (Lipinski definition) is 2. The summed E-state index contributed by atoms with van der Waals surface area (Å²) in [5.74, 6) is 0.542. The van der Waals surface area contributed by atoms with Crippen molar-refractivity contribution in [3.8, 4) is 0 Å². The topological polar surface area (TPSA) is 92.4 Å². The molecule has 0 radical (unpaired) electrons. The summed E-state index contributed by atoms with van der Waals surface area (Å²) < 4.78 is 5.05. The summed E-state index contributed by atoms with van der Waals surface area (Å²) in [6.45, 7) is 7.54. The molecule has 1 aromatic heterocycles. The van der Waals surface area contributed by atoms with Crippen molar-refractivity contribution in [2.24, 2.45) is 5.92 Å². The minimum atomic E-state index is -0.993. The monoisotopic (exact) mass is 314 g/mol. The van der Waals surface area contributed by atoms with Crippen LogP contribution in [0.2, 0.25) is 0 Å². The number of nitrogens with zero attached hydrogens (tertiary/aromatic N) is 1. The van der Waals surface area contributed by atoms with E-state index in [0.29, 0.717) is 12.2 Å². The third-order valence-corrected chi connectivity index (χ3v) is 3.96. The summed E-state index contributed by atoms with van der Waals surface area (Å²) in [5.41, 5.74) is 1.81. The van der Waals surface area contributed by atoms with Crippen LogP contribution in [-0.2, 0) is 15.3 Å². The van der Waals surface area contributed by atoms with E-state index in [0.717, 1.165) is 17.0 Å². The number of amides is 1. The number of carbonyl (C=O) groups is 2. The van der Waals surface area contributed by atoms with Crippen LogP contribution >= 0.6 is 11.8 Å². The van der Waals surface area contributed by atoms with Crippen LogP contribution in [0.5, 0.6) is 0 Å². The number of carboxylic acids is 1. The Kier molecular flexibility index (Phi) is 6.74. The van der Waals surface area contributed by atoms with Crippen LogP contribution in [0.25, 0.3) is 0 Å². The Bertz CT molecular complexity index is 480. The maximum atomic E-state index is 11.8. The average Bonchev–Trinajstić information content (AvgIpc) is 2.69. The van der Waals surface area contributed by atoms with Gasteiger partial charge in [0.05, 0.1) is 11.4 Å². The molecule has 0 aliphatic carbocycles. The highest BCUT2D eigenvalue weighted by Crippen LogP contribution is 2.19. The molecule has 0 fully saturated rings. The van der Waals surface area contributed by atoms with E-state index in [4.69, 9.17) is 9.63 Å². The quantitative estimate of drug-likeness (QED) is 0.763. The Hall–Kier alpha value is -1.50. The van der Waals surface area contributed by atoms with Crippen molar-refractivity contribution in [2.45, 2.75) is 45.9 Å². The van der Waals surface area contributed by atoms with E-state index in [-0.39, 0.29) is 17.6 Å². The Morgan fingerprint density at radius 3 is 2.52 bits per heavy atom. The van der Waals surface area contributed by atoms with Crippen LogP contribution in [0.1, 0.15) is 37.3 Å². The van der Waals surface area contributed by atoms with Crippen LogP contribution in [-0.4, -0.2) is 33.9 Å². The normalized spacial score (nSPS) is 12.4. The van der Waals surface area contributed by atoms with E-state index in [2.05, 4.69) is 10.5 Å². The van der Waals surface area contributed by atoms with Crippen molar-refractivity contribution in [3.63, 3.8) is 0 Å². The first-order valence-electron chi connectivity index (χ1n) is 6.83. The van der Waals surface area contributed by atoms with Crippen LogP contribution < -0.4 is 5.32 Å². The Morgan fingerprint density at radius 1 is 1.38 bits per heavy atom. The van der Waals surface area contributed by atoms with E-state index < -0.39 is 12.0 Å². The van der Waals surface area contributed by atoms with E-state index in [1.54, 1.807) is 0 Å². The van der Waals surface area contributed by atoms with Gasteiger partial charge in [-0.15, -0.1) is 11.8 Å². The fourth-order valence-corrected chi connectivity index (χ4v) is 2.87. The SMILES string of the molecule is Cc1noc(C)c1CSCC(=O)NC(CC(C)C)C(=O)O. The van der Waals surface area contributed by atoms with Crippen molar-refractivity contribution in [1.29, 1.82) is 0 Å². The molecule has 1 atom stereocenters. The molecular formula is C14H22N2O4S. The maximum absolute atomic E-state index is 11.8. The average molecular weight is 314 g/mol. The summed E-state index contributed by atoms with van der Waals surface area (Å²) in [5, 5.41) is 15.5. The molecule has 0 aromatic carbocycles. The van der Waals surface area contributed by atoms with Gasteiger partial charge in [-0.3, -0.25) is 4.79 Å². The van der Waals surface area contributed by atoms with Gasteiger partial charge in [0.25, 0.3) is 0 Å². The van der Waals surface area contributed by atoms with E-state index in [1.165, 1.54) is 11.8 Å². The molecule has 6 nitrogen and oxygen atoms in total. The second-order valence-corrected chi connectivity index (χ2v) is 6.37. The first-order chi connectivity index (χ1) is 9.81. The highest BCUT2D eigenvalue weighted by Gasteiger charge is 2.21. The van der Waals surface area contributed by atoms with Crippen LogP contribution in [0.4, 0.5) is 0 Å². The maximum Gasteiger partial charge on any atom is 0.326 e. The molecule has 0 saturated heterocycles. The van der Waals surface area contributed by atoms with Gasteiger partial charge in [-0.05, 0) is 26.2 Å². The summed E-state index contributed by atoms with van der Waals surface area (Å²) in [6, 6.07) is -0.822. The molecule has 21 heavy (non-hydrogen) atoms. The number of nitrogens with one attached hydrogen (secondary N) is 1. The number of aliphatic carboxylic acids is 1. The molecule has 1 heterocycles. The summed E-state index contributed by atoms with van der Waals surface area (Å²) in [7, 11) is 0. The fraction of sp³-hybridized carbons (Fsp3) is 0.643. The third-order valence-electron chi connectivity index (χ3n) is 3.00. The predicted octanol–water partition coefficient (Wildman–Crippen LogP) is 2.14. The minimum Gasteiger partial charge on any atom is -0.480 e. The fourth-order valence-electron chi connectivity index (χ4n) is 1.88.